The van der Waals surface area contributed by atoms with E-state index < -0.39 is 0 Å². The van der Waals surface area contributed by atoms with E-state index in [1.54, 1.807) is 7.11 Å². The van der Waals surface area contributed by atoms with Gasteiger partial charge in [-0.2, -0.15) is 0 Å². The van der Waals surface area contributed by atoms with Crippen LogP contribution in [0.3, 0.4) is 0 Å². The molecule has 100 valence electrons. The summed E-state index contributed by atoms with van der Waals surface area (Å²) in [5.74, 6) is 0.676. The lowest BCUT2D eigenvalue weighted by molar-refractivity contribution is 0.0401. The van der Waals surface area contributed by atoms with Gasteiger partial charge in [0.25, 0.3) is 0 Å². The molecule has 2 unspecified atom stereocenters. The van der Waals surface area contributed by atoms with Crippen molar-refractivity contribution < 1.29 is 9.47 Å². The van der Waals surface area contributed by atoms with Crippen LogP contribution < -0.4 is 5.73 Å². The zero-order valence-electron chi connectivity index (χ0n) is 11.0. The van der Waals surface area contributed by atoms with Crippen LogP contribution in [0.25, 0.3) is 0 Å². The minimum absolute atomic E-state index is 0.00551. The maximum Gasteiger partial charge on any atom is 0.0971 e. The number of hydrogen-bond acceptors (Lipinski definition) is 3. The molecule has 0 radical (unpaired) electrons. The molecule has 0 spiro atoms. The molecule has 0 aliphatic carbocycles. The fraction of sp³-hybridized carbons (Fsp3) is 0.600. The van der Waals surface area contributed by atoms with E-state index in [9.17, 15) is 0 Å². The lowest BCUT2D eigenvalue weighted by Crippen LogP contribution is -2.33. The fourth-order valence-corrected chi connectivity index (χ4v) is 2.69. The van der Waals surface area contributed by atoms with E-state index in [-0.39, 0.29) is 12.1 Å². The molecule has 0 amide bonds. The van der Waals surface area contributed by atoms with Crippen molar-refractivity contribution in [1.82, 2.24) is 0 Å². The second-order valence-corrected chi connectivity index (χ2v) is 5.02. The molecule has 1 saturated heterocycles. The molecule has 1 aromatic rings. The summed E-state index contributed by atoms with van der Waals surface area (Å²) in [6.45, 7) is 1.75. The van der Waals surface area contributed by atoms with E-state index in [1.165, 1.54) is 5.56 Å². The van der Waals surface area contributed by atoms with Crippen molar-refractivity contribution in [3.63, 3.8) is 0 Å². The first kappa shape index (κ1) is 13.5. The molecule has 1 aliphatic rings. The highest BCUT2D eigenvalue weighted by atomic mass is 16.5. The van der Waals surface area contributed by atoms with Crippen molar-refractivity contribution in [2.24, 2.45) is 11.7 Å². The SMILES string of the molecule is COC(c1ccccc1)C(N)CC1CCOCC1. The maximum atomic E-state index is 6.33. The average Bonchev–Trinajstić information content (AvgIpc) is 2.42. The van der Waals surface area contributed by atoms with Gasteiger partial charge in [-0.1, -0.05) is 30.3 Å². The Morgan fingerprint density at radius 3 is 2.56 bits per heavy atom. The number of ether oxygens (including phenoxy) is 2. The van der Waals surface area contributed by atoms with E-state index in [1.807, 2.05) is 18.2 Å². The highest BCUT2D eigenvalue weighted by Gasteiger charge is 2.24. The van der Waals surface area contributed by atoms with Gasteiger partial charge in [0.2, 0.25) is 0 Å². The van der Waals surface area contributed by atoms with E-state index >= 15 is 0 Å². The van der Waals surface area contributed by atoms with Crippen LogP contribution in [0.15, 0.2) is 30.3 Å². The average molecular weight is 249 g/mol. The van der Waals surface area contributed by atoms with Crippen molar-refractivity contribution in [2.45, 2.75) is 31.4 Å². The Balaban J connectivity index is 1.94. The Kier molecular flexibility index (Phi) is 5.17. The van der Waals surface area contributed by atoms with Crippen LogP contribution >= 0.6 is 0 Å². The first-order valence-electron chi connectivity index (χ1n) is 6.72. The fourth-order valence-electron chi connectivity index (χ4n) is 2.69. The Morgan fingerprint density at radius 1 is 1.28 bits per heavy atom. The molecule has 0 aromatic heterocycles. The van der Waals surface area contributed by atoms with Crippen LogP contribution in [-0.2, 0) is 9.47 Å². The van der Waals surface area contributed by atoms with Gasteiger partial charge in [-0.15, -0.1) is 0 Å². The van der Waals surface area contributed by atoms with Crippen molar-refractivity contribution in [2.75, 3.05) is 20.3 Å². The van der Waals surface area contributed by atoms with E-state index in [0.29, 0.717) is 5.92 Å². The molecule has 3 heteroatoms. The quantitative estimate of drug-likeness (QED) is 0.872. The molecule has 18 heavy (non-hydrogen) atoms. The first-order chi connectivity index (χ1) is 8.81. The Labute approximate surface area is 109 Å². The Bertz CT molecular complexity index is 336. The molecular formula is C15H23NO2. The van der Waals surface area contributed by atoms with Crippen LogP contribution in [0, 0.1) is 5.92 Å². The molecular weight excluding hydrogens is 226 g/mol. The summed E-state index contributed by atoms with van der Waals surface area (Å²) in [6, 6.07) is 10.3. The second-order valence-electron chi connectivity index (χ2n) is 5.02. The predicted octanol–water partition coefficient (Wildman–Crippen LogP) is 2.52. The highest BCUT2D eigenvalue weighted by molar-refractivity contribution is 5.19. The van der Waals surface area contributed by atoms with Gasteiger partial charge in [-0.05, 0) is 30.7 Å². The minimum Gasteiger partial charge on any atom is -0.381 e. The van der Waals surface area contributed by atoms with Gasteiger partial charge in [0.1, 0.15) is 0 Å². The number of nitrogens with two attached hydrogens (primary N) is 1. The summed E-state index contributed by atoms with van der Waals surface area (Å²) in [5, 5.41) is 0. The highest BCUT2D eigenvalue weighted by Crippen LogP contribution is 2.27. The standard InChI is InChI=1S/C15H23NO2/c1-17-15(13-5-3-2-4-6-13)14(16)11-12-7-9-18-10-8-12/h2-6,12,14-15H,7-11,16H2,1H3. The van der Waals surface area contributed by atoms with Crippen molar-refractivity contribution in [1.29, 1.82) is 0 Å². The molecule has 2 rings (SSSR count). The Hall–Kier alpha value is -0.900. The van der Waals surface area contributed by atoms with E-state index in [2.05, 4.69) is 12.1 Å². The Morgan fingerprint density at radius 2 is 1.94 bits per heavy atom. The number of hydrogen-bond donors (Lipinski definition) is 1. The van der Waals surface area contributed by atoms with Gasteiger partial charge in [-0.25, -0.2) is 0 Å². The summed E-state index contributed by atoms with van der Waals surface area (Å²) in [7, 11) is 1.74. The summed E-state index contributed by atoms with van der Waals surface area (Å²) in [5.41, 5.74) is 7.49. The maximum absolute atomic E-state index is 6.33. The molecule has 1 aliphatic heterocycles. The van der Waals surface area contributed by atoms with Gasteiger partial charge < -0.3 is 15.2 Å². The molecule has 3 nitrogen and oxygen atoms in total. The number of methoxy groups -OCH3 is 1. The van der Waals surface area contributed by atoms with Crippen LogP contribution in [0.1, 0.15) is 30.9 Å². The zero-order valence-corrected chi connectivity index (χ0v) is 11.0. The third-order valence-electron chi connectivity index (χ3n) is 3.72. The molecule has 2 N–H and O–H groups in total. The topological polar surface area (TPSA) is 44.5 Å². The summed E-state index contributed by atoms with van der Waals surface area (Å²) in [6.07, 6.45) is 3.25. The predicted molar refractivity (Wildman–Crippen MR) is 72.3 cm³/mol. The van der Waals surface area contributed by atoms with Gasteiger partial charge in [0, 0.05) is 26.4 Å². The third kappa shape index (κ3) is 3.55. The largest absolute Gasteiger partial charge is 0.381 e. The zero-order chi connectivity index (χ0) is 12.8. The summed E-state index contributed by atoms with van der Waals surface area (Å²) >= 11 is 0. The normalized spacial score (nSPS) is 20.6. The molecule has 1 aromatic carbocycles. The molecule has 1 fully saturated rings. The third-order valence-corrected chi connectivity index (χ3v) is 3.72. The molecule has 0 bridgehead atoms. The van der Waals surface area contributed by atoms with Crippen molar-refractivity contribution >= 4 is 0 Å². The number of rotatable bonds is 5. The van der Waals surface area contributed by atoms with Crippen LogP contribution in [0.4, 0.5) is 0 Å². The van der Waals surface area contributed by atoms with Crippen LogP contribution in [-0.4, -0.2) is 26.4 Å². The first-order valence-corrected chi connectivity index (χ1v) is 6.72. The molecule has 2 atom stereocenters. The van der Waals surface area contributed by atoms with Crippen LogP contribution in [0.5, 0.6) is 0 Å². The van der Waals surface area contributed by atoms with Crippen LogP contribution in [0.2, 0.25) is 0 Å². The van der Waals surface area contributed by atoms with Crippen molar-refractivity contribution in [3.05, 3.63) is 35.9 Å². The second kappa shape index (κ2) is 6.88. The van der Waals surface area contributed by atoms with Gasteiger partial charge in [-0.3, -0.25) is 0 Å². The minimum atomic E-state index is -0.00551. The smallest absolute Gasteiger partial charge is 0.0971 e. The van der Waals surface area contributed by atoms with E-state index in [4.69, 9.17) is 15.2 Å². The lowest BCUT2D eigenvalue weighted by Gasteiger charge is -2.29. The number of benzene rings is 1. The van der Waals surface area contributed by atoms with Gasteiger partial charge in [0.05, 0.1) is 6.10 Å². The van der Waals surface area contributed by atoms with Gasteiger partial charge in [0.15, 0.2) is 0 Å². The van der Waals surface area contributed by atoms with E-state index in [0.717, 1.165) is 32.5 Å². The van der Waals surface area contributed by atoms with Gasteiger partial charge >= 0.3 is 0 Å². The van der Waals surface area contributed by atoms with Crippen molar-refractivity contribution in [3.8, 4) is 0 Å². The summed E-state index contributed by atoms with van der Waals surface area (Å²) in [4.78, 5) is 0. The summed E-state index contributed by atoms with van der Waals surface area (Å²) < 4.78 is 11.0. The monoisotopic (exact) mass is 249 g/mol. The lowest BCUT2D eigenvalue weighted by atomic mass is 9.89. The molecule has 0 saturated carbocycles. The molecule has 1 heterocycles.